The molecule has 120 valence electrons. The second kappa shape index (κ2) is 8.17. The summed E-state index contributed by atoms with van der Waals surface area (Å²) in [4.78, 5) is 34.8. The number of carboxylic acids is 1. The van der Waals surface area contributed by atoms with Crippen molar-refractivity contribution in [3.63, 3.8) is 0 Å². The lowest BCUT2D eigenvalue weighted by Crippen LogP contribution is -2.41. The third-order valence-electron chi connectivity index (χ3n) is 2.86. The highest BCUT2D eigenvalue weighted by molar-refractivity contribution is 5.85. The highest BCUT2D eigenvalue weighted by Crippen LogP contribution is 2.18. The van der Waals surface area contributed by atoms with Crippen LogP contribution in [0.1, 0.15) is 26.3 Å². The topological polar surface area (TPSA) is 89.9 Å². The van der Waals surface area contributed by atoms with Crippen LogP contribution in [0.4, 0.5) is 0 Å². The van der Waals surface area contributed by atoms with Crippen molar-refractivity contribution < 1.29 is 29.0 Å². The summed E-state index contributed by atoms with van der Waals surface area (Å²) in [6.07, 6.45) is -1.85. The molecule has 0 radical (unpaired) electrons. The molecule has 6 heteroatoms. The third kappa shape index (κ3) is 5.55. The summed E-state index contributed by atoms with van der Waals surface area (Å²) in [6.45, 7) is 4.39. The van der Waals surface area contributed by atoms with Crippen LogP contribution in [-0.2, 0) is 30.3 Å². The number of esters is 2. The van der Waals surface area contributed by atoms with Gasteiger partial charge in [0.25, 0.3) is 0 Å². The SMILES string of the molecule is CC(=O)O[C@@H](C(=O)OC(C)C)[C@H](Cc1ccccc1)C(=O)O. The first kappa shape index (κ1) is 17.7. The van der Waals surface area contributed by atoms with E-state index in [-0.39, 0.29) is 6.42 Å². The standard InChI is InChI=1S/C16H20O6/c1-10(2)21-16(20)14(22-11(3)17)13(15(18)19)9-12-7-5-4-6-8-12/h4-8,10,13-14H,9H2,1-3H3,(H,18,19)/t13-,14+/m0/s1. The lowest BCUT2D eigenvalue weighted by Gasteiger charge is -2.23. The summed E-state index contributed by atoms with van der Waals surface area (Å²) < 4.78 is 9.92. The maximum atomic E-state index is 12.1. The van der Waals surface area contributed by atoms with Crippen LogP contribution < -0.4 is 0 Å². The number of aliphatic carboxylic acids is 1. The van der Waals surface area contributed by atoms with Gasteiger partial charge in [0.1, 0.15) is 5.92 Å². The van der Waals surface area contributed by atoms with E-state index in [1.165, 1.54) is 0 Å². The number of hydrogen-bond acceptors (Lipinski definition) is 5. The Morgan fingerprint density at radius 2 is 1.68 bits per heavy atom. The molecule has 2 atom stereocenters. The highest BCUT2D eigenvalue weighted by atomic mass is 16.6. The minimum Gasteiger partial charge on any atom is -0.481 e. The average molecular weight is 308 g/mol. The van der Waals surface area contributed by atoms with Crippen molar-refractivity contribution in [1.82, 2.24) is 0 Å². The van der Waals surface area contributed by atoms with Crippen molar-refractivity contribution >= 4 is 17.9 Å². The van der Waals surface area contributed by atoms with Gasteiger partial charge >= 0.3 is 17.9 Å². The molecule has 0 unspecified atom stereocenters. The third-order valence-corrected chi connectivity index (χ3v) is 2.86. The summed E-state index contributed by atoms with van der Waals surface area (Å²) in [5.41, 5.74) is 0.726. The Bertz CT molecular complexity index is 523. The van der Waals surface area contributed by atoms with E-state index in [2.05, 4.69) is 0 Å². The van der Waals surface area contributed by atoms with E-state index in [4.69, 9.17) is 9.47 Å². The minimum absolute atomic E-state index is 0.0569. The number of carbonyl (C=O) groups is 3. The molecular weight excluding hydrogens is 288 g/mol. The number of hydrogen-bond donors (Lipinski definition) is 1. The van der Waals surface area contributed by atoms with Gasteiger partial charge in [0.15, 0.2) is 0 Å². The Morgan fingerprint density at radius 3 is 2.14 bits per heavy atom. The molecule has 0 aliphatic carbocycles. The quantitative estimate of drug-likeness (QED) is 0.773. The molecule has 0 spiro atoms. The van der Waals surface area contributed by atoms with Crippen LogP contribution in [0.2, 0.25) is 0 Å². The van der Waals surface area contributed by atoms with Gasteiger partial charge in [-0.1, -0.05) is 30.3 Å². The first-order valence-corrected chi connectivity index (χ1v) is 6.95. The first-order chi connectivity index (χ1) is 10.3. The molecule has 0 fully saturated rings. The lowest BCUT2D eigenvalue weighted by atomic mass is 9.94. The largest absolute Gasteiger partial charge is 0.481 e. The smallest absolute Gasteiger partial charge is 0.348 e. The van der Waals surface area contributed by atoms with Crippen LogP contribution in [0.3, 0.4) is 0 Å². The van der Waals surface area contributed by atoms with Gasteiger partial charge in [-0.25, -0.2) is 4.79 Å². The minimum atomic E-state index is -1.47. The second-order valence-electron chi connectivity index (χ2n) is 5.15. The zero-order valence-corrected chi connectivity index (χ0v) is 12.8. The molecule has 22 heavy (non-hydrogen) atoms. The zero-order valence-electron chi connectivity index (χ0n) is 12.8. The lowest BCUT2D eigenvalue weighted by molar-refractivity contribution is -0.177. The van der Waals surface area contributed by atoms with Crippen molar-refractivity contribution in [2.45, 2.75) is 39.4 Å². The highest BCUT2D eigenvalue weighted by Gasteiger charge is 2.38. The molecule has 0 saturated carbocycles. The number of carboxylic acid groups (broad SMARTS) is 1. The van der Waals surface area contributed by atoms with Gasteiger partial charge < -0.3 is 14.6 Å². The normalized spacial score (nSPS) is 13.3. The molecule has 0 aliphatic heterocycles. The Balaban J connectivity index is 3.01. The fourth-order valence-corrected chi connectivity index (χ4v) is 1.96. The van der Waals surface area contributed by atoms with E-state index in [1.54, 1.807) is 44.2 Å². The molecule has 0 aliphatic rings. The summed E-state index contributed by atoms with van der Waals surface area (Å²) >= 11 is 0. The first-order valence-electron chi connectivity index (χ1n) is 6.95. The van der Waals surface area contributed by atoms with Gasteiger partial charge in [-0.2, -0.15) is 0 Å². The van der Waals surface area contributed by atoms with Crippen LogP contribution >= 0.6 is 0 Å². The van der Waals surface area contributed by atoms with Crippen molar-refractivity contribution in [1.29, 1.82) is 0 Å². The summed E-state index contributed by atoms with van der Waals surface area (Å²) in [7, 11) is 0. The van der Waals surface area contributed by atoms with Gasteiger partial charge in [0.05, 0.1) is 6.10 Å². The number of benzene rings is 1. The Labute approximate surface area is 129 Å². The molecule has 1 N–H and O–H groups in total. The van der Waals surface area contributed by atoms with E-state index >= 15 is 0 Å². The Kier molecular flexibility index (Phi) is 6.56. The number of carbonyl (C=O) groups excluding carboxylic acids is 2. The molecule has 0 saturated heterocycles. The van der Waals surface area contributed by atoms with Crippen molar-refractivity contribution in [3.05, 3.63) is 35.9 Å². The maximum absolute atomic E-state index is 12.1. The van der Waals surface area contributed by atoms with Crippen LogP contribution in [0.15, 0.2) is 30.3 Å². The van der Waals surface area contributed by atoms with Crippen LogP contribution in [0, 0.1) is 5.92 Å². The predicted molar refractivity (Wildman–Crippen MR) is 78.1 cm³/mol. The molecule has 0 bridgehead atoms. The van der Waals surface area contributed by atoms with Gasteiger partial charge in [-0.15, -0.1) is 0 Å². The van der Waals surface area contributed by atoms with Crippen molar-refractivity contribution in [2.24, 2.45) is 5.92 Å². The van der Waals surface area contributed by atoms with Gasteiger partial charge in [-0.05, 0) is 25.8 Å². The average Bonchev–Trinajstić information content (AvgIpc) is 2.42. The molecule has 1 aromatic rings. The summed E-state index contributed by atoms with van der Waals surface area (Å²) in [5.74, 6) is -4.02. The molecular formula is C16H20O6. The Morgan fingerprint density at radius 1 is 1.09 bits per heavy atom. The monoisotopic (exact) mass is 308 g/mol. The Hall–Kier alpha value is -2.37. The maximum Gasteiger partial charge on any atom is 0.348 e. The zero-order chi connectivity index (χ0) is 16.7. The molecule has 1 rings (SSSR count). The molecule has 1 aromatic carbocycles. The molecule has 0 aromatic heterocycles. The van der Waals surface area contributed by atoms with Gasteiger partial charge in [0.2, 0.25) is 6.10 Å². The molecule has 0 amide bonds. The fraction of sp³-hybridized carbons (Fsp3) is 0.438. The van der Waals surface area contributed by atoms with Gasteiger partial charge in [-0.3, -0.25) is 9.59 Å². The second-order valence-corrected chi connectivity index (χ2v) is 5.15. The van der Waals surface area contributed by atoms with Gasteiger partial charge in [0, 0.05) is 6.92 Å². The van der Waals surface area contributed by atoms with E-state index in [9.17, 15) is 19.5 Å². The van der Waals surface area contributed by atoms with E-state index in [0.29, 0.717) is 0 Å². The van der Waals surface area contributed by atoms with Crippen molar-refractivity contribution in [3.8, 4) is 0 Å². The van der Waals surface area contributed by atoms with Crippen LogP contribution in [-0.4, -0.2) is 35.2 Å². The fourth-order valence-electron chi connectivity index (χ4n) is 1.96. The molecule has 0 heterocycles. The van der Waals surface area contributed by atoms with Crippen LogP contribution in [0.5, 0.6) is 0 Å². The van der Waals surface area contributed by atoms with Crippen LogP contribution in [0.25, 0.3) is 0 Å². The number of ether oxygens (including phenoxy) is 2. The van der Waals surface area contributed by atoms with E-state index < -0.39 is 36.0 Å². The van der Waals surface area contributed by atoms with Crippen molar-refractivity contribution in [2.75, 3.05) is 0 Å². The summed E-state index contributed by atoms with van der Waals surface area (Å²) in [6, 6.07) is 8.82. The predicted octanol–water partition coefficient (Wildman–Crippen LogP) is 1.81. The van der Waals surface area contributed by atoms with E-state index in [1.807, 2.05) is 0 Å². The molecule has 6 nitrogen and oxygen atoms in total. The summed E-state index contributed by atoms with van der Waals surface area (Å²) in [5, 5.41) is 9.40. The number of rotatable bonds is 7. The van der Waals surface area contributed by atoms with E-state index in [0.717, 1.165) is 12.5 Å².